The zero-order chi connectivity index (χ0) is 10.4. The van der Waals surface area contributed by atoms with Crippen LogP contribution >= 0.6 is 0 Å². The highest BCUT2D eigenvalue weighted by Gasteiger charge is 2.43. The van der Waals surface area contributed by atoms with Crippen LogP contribution in [-0.4, -0.2) is 37.9 Å². The molecule has 0 atom stereocenters. The molecule has 4 nitrogen and oxygen atoms in total. The highest BCUT2D eigenvalue weighted by molar-refractivity contribution is 5.76. The molecule has 1 saturated carbocycles. The predicted octanol–water partition coefficient (Wildman–Crippen LogP) is 0.867. The number of carbonyl (C=O) groups is 1. The molecule has 0 aliphatic heterocycles. The van der Waals surface area contributed by atoms with Gasteiger partial charge in [-0.3, -0.25) is 4.79 Å². The lowest BCUT2D eigenvalue weighted by molar-refractivity contribution is -0.154. The number of rotatable bonds is 7. The third-order valence-corrected chi connectivity index (χ3v) is 2.93. The van der Waals surface area contributed by atoms with Crippen LogP contribution in [0.2, 0.25) is 0 Å². The average Bonchev–Trinajstić information content (AvgIpc) is 2.07. The second-order valence-electron chi connectivity index (χ2n) is 3.96. The maximum absolute atomic E-state index is 11.0. The molecular weight excluding hydrogens is 182 g/mol. The average molecular weight is 201 g/mol. The summed E-state index contributed by atoms with van der Waals surface area (Å²) in [6, 6.07) is 0. The van der Waals surface area contributed by atoms with Crippen LogP contribution in [0.3, 0.4) is 0 Å². The van der Waals surface area contributed by atoms with Crippen LogP contribution in [0.1, 0.15) is 25.7 Å². The van der Waals surface area contributed by atoms with E-state index in [-0.39, 0.29) is 0 Å². The van der Waals surface area contributed by atoms with Gasteiger partial charge in [-0.05, 0) is 25.8 Å². The number of carboxylic acid groups (broad SMARTS) is 1. The lowest BCUT2D eigenvalue weighted by Crippen LogP contribution is -2.46. The summed E-state index contributed by atoms with van der Waals surface area (Å²) >= 11 is 0. The highest BCUT2D eigenvalue weighted by atomic mass is 16.5. The molecule has 1 fully saturated rings. The Balaban J connectivity index is 2.12. The highest BCUT2D eigenvalue weighted by Crippen LogP contribution is 2.40. The molecule has 0 aromatic carbocycles. The first-order valence-electron chi connectivity index (χ1n) is 5.14. The van der Waals surface area contributed by atoms with Crippen molar-refractivity contribution >= 4 is 5.97 Å². The zero-order valence-corrected chi connectivity index (χ0v) is 8.71. The molecular formula is C10H19NO3. The second kappa shape index (κ2) is 5.32. The van der Waals surface area contributed by atoms with Crippen LogP contribution in [0.25, 0.3) is 0 Å². The van der Waals surface area contributed by atoms with Crippen LogP contribution in [0, 0.1) is 5.41 Å². The molecule has 1 aliphatic rings. The van der Waals surface area contributed by atoms with E-state index in [1.165, 1.54) is 0 Å². The molecule has 0 bridgehead atoms. The van der Waals surface area contributed by atoms with E-state index in [2.05, 4.69) is 5.32 Å². The first-order valence-corrected chi connectivity index (χ1v) is 5.14. The second-order valence-corrected chi connectivity index (χ2v) is 3.96. The number of nitrogens with one attached hydrogen (secondary N) is 1. The molecule has 4 heteroatoms. The van der Waals surface area contributed by atoms with E-state index in [0.717, 1.165) is 38.8 Å². The summed E-state index contributed by atoms with van der Waals surface area (Å²) in [5, 5.41) is 12.2. The summed E-state index contributed by atoms with van der Waals surface area (Å²) in [6.45, 7) is 2.17. The molecule has 0 heterocycles. The lowest BCUT2D eigenvalue weighted by atomic mass is 9.69. The minimum Gasteiger partial charge on any atom is -0.481 e. The van der Waals surface area contributed by atoms with Crippen LogP contribution < -0.4 is 5.32 Å². The zero-order valence-electron chi connectivity index (χ0n) is 8.71. The van der Waals surface area contributed by atoms with Crippen molar-refractivity contribution in [3.63, 3.8) is 0 Å². The standard InChI is InChI=1S/C10H19NO3/c1-14-7-3-6-11-8-10(9(12)13)4-2-5-10/h11H,2-8H2,1H3,(H,12,13). The predicted molar refractivity (Wildman–Crippen MR) is 53.3 cm³/mol. The molecule has 0 unspecified atom stereocenters. The molecule has 0 spiro atoms. The van der Waals surface area contributed by atoms with Gasteiger partial charge in [0.1, 0.15) is 0 Å². The van der Waals surface area contributed by atoms with E-state index in [1.54, 1.807) is 7.11 Å². The summed E-state index contributed by atoms with van der Waals surface area (Å²) in [7, 11) is 1.67. The number of aliphatic carboxylic acids is 1. The Morgan fingerprint density at radius 2 is 2.29 bits per heavy atom. The van der Waals surface area contributed by atoms with Gasteiger partial charge in [0, 0.05) is 20.3 Å². The van der Waals surface area contributed by atoms with Gasteiger partial charge in [0.2, 0.25) is 0 Å². The number of carboxylic acids is 1. The van der Waals surface area contributed by atoms with E-state index >= 15 is 0 Å². The molecule has 2 N–H and O–H groups in total. The van der Waals surface area contributed by atoms with E-state index in [9.17, 15) is 4.79 Å². The van der Waals surface area contributed by atoms with Crippen molar-refractivity contribution in [2.24, 2.45) is 5.41 Å². The van der Waals surface area contributed by atoms with Gasteiger partial charge in [0.15, 0.2) is 0 Å². The Labute approximate surface area is 84.6 Å². The maximum atomic E-state index is 11.0. The van der Waals surface area contributed by atoms with Gasteiger partial charge in [-0.2, -0.15) is 0 Å². The Morgan fingerprint density at radius 1 is 1.57 bits per heavy atom. The smallest absolute Gasteiger partial charge is 0.310 e. The van der Waals surface area contributed by atoms with Gasteiger partial charge in [0.05, 0.1) is 5.41 Å². The topological polar surface area (TPSA) is 58.6 Å². The summed E-state index contributed by atoms with van der Waals surface area (Å²) in [4.78, 5) is 11.0. The van der Waals surface area contributed by atoms with E-state index in [1.807, 2.05) is 0 Å². The van der Waals surface area contributed by atoms with Crippen molar-refractivity contribution in [3.8, 4) is 0 Å². The molecule has 1 rings (SSSR count). The summed E-state index contributed by atoms with van der Waals surface area (Å²) < 4.78 is 4.91. The van der Waals surface area contributed by atoms with Crippen molar-refractivity contribution in [3.05, 3.63) is 0 Å². The fraction of sp³-hybridized carbons (Fsp3) is 0.900. The number of hydrogen-bond donors (Lipinski definition) is 2. The Kier molecular flexibility index (Phi) is 4.35. The van der Waals surface area contributed by atoms with Crippen molar-refractivity contribution < 1.29 is 14.6 Å². The first kappa shape index (κ1) is 11.5. The van der Waals surface area contributed by atoms with Crippen molar-refractivity contribution in [2.75, 3.05) is 26.8 Å². The van der Waals surface area contributed by atoms with Gasteiger partial charge in [-0.15, -0.1) is 0 Å². The minimum absolute atomic E-state index is 0.465. The molecule has 0 radical (unpaired) electrons. The van der Waals surface area contributed by atoms with Crippen molar-refractivity contribution in [1.29, 1.82) is 0 Å². The SMILES string of the molecule is COCCCNCC1(C(=O)O)CCC1. The third kappa shape index (κ3) is 2.69. The quantitative estimate of drug-likeness (QED) is 0.600. The molecule has 0 aromatic heterocycles. The number of methoxy groups -OCH3 is 1. The molecule has 82 valence electrons. The number of hydrogen-bond acceptors (Lipinski definition) is 3. The Hall–Kier alpha value is -0.610. The maximum Gasteiger partial charge on any atom is 0.310 e. The Bertz CT molecular complexity index is 190. The summed E-state index contributed by atoms with van der Waals surface area (Å²) in [5.41, 5.74) is -0.465. The van der Waals surface area contributed by atoms with Gasteiger partial charge in [0.25, 0.3) is 0 Å². The molecule has 1 aliphatic carbocycles. The van der Waals surface area contributed by atoms with Gasteiger partial charge < -0.3 is 15.2 Å². The number of ether oxygens (including phenoxy) is 1. The fourth-order valence-electron chi connectivity index (χ4n) is 1.74. The Morgan fingerprint density at radius 3 is 2.71 bits per heavy atom. The molecule has 0 amide bonds. The van der Waals surface area contributed by atoms with Crippen LogP contribution in [-0.2, 0) is 9.53 Å². The first-order chi connectivity index (χ1) is 6.71. The van der Waals surface area contributed by atoms with E-state index in [4.69, 9.17) is 9.84 Å². The summed E-state index contributed by atoms with van der Waals surface area (Å²) in [5.74, 6) is -0.650. The third-order valence-electron chi connectivity index (χ3n) is 2.93. The fourth-order valence-corrected chi connectivity index (χ4v) is 1.74. The van der Waals surface area contributed by atoms with Crippen LogP contribution in [0.15, 0.2) is 0 Å². The van der Waals surface area contributed by atoms with Gasteiger partial charge in [-0.25, -0.2) is 0 Å². The van der Waals surface area contributed by atoms with Crippen LogP contribution in [0.4, 0.5) is 0 Å². The van der Waals surface area contributed by atoms with Crippen LogP contribution in [0.5, 0.6) is 0 Å². The van der Waals surface area contributed by atoms with Gasteiger partial charge >= 0.3 is 5.97 Å². The molecule has 14 heavy (non-hydrogen) atoms. The van der Waals surface area contributed by atoms with Crippen molar-refractivity contribution in [2.45, 2.75) is 25.7 Å². The summed E-state index contributed by atoms with van der Waals surface area (Å²) in [6.07, 6.45) is 3.62. The largest absolute Gasteiger partial charge is 0.481 e. The molecule has 0 saturated heterocycles. The van der Waals surface area contributed by atoms with Gasteiger partial charge in [-0.1, -0.05) is 6.42 Å². The normalized spacial score (nSPS) is 18.9. The van der Waals surface area contributed by atoms with E-state index in [0.29, 0.717) is 6.54 Å². The van der Waals surface area contributed by atoms with Crippen molar-refractivity contribution in [1.82, 2.24) is 5.32 Å². The van der Waals surface area contributed by atoms with E-state index < -0.39 is 11.4 Å². The monoisotopic (exact) mass is 201 g/mol. The lowest BCUT2D eigenvalue weighted by Gasteiger charge is -2.37. The molecule has 0 aromatic rings. The minimum atomic E-state index is -0.650.